The Labute approximate surface area is 102 Å². The van der Waals surface area contributed by atoms with Gasteiger partial charge in [0.1, 0.15) is 0 Å². The highest BCUT2D eigenvalue weighted by Crippen LogP contribution is 2.19. The summed E-state index contributed by atoms with van der Waals surface area (Å²) in [4.78, 5) is 0. The van der Waals surface area contributed by atoms with E-state index in [1.165, 1.54) is 11.3 Å². The molecule has 0 bridgehead atoms. The SMILES string of the molecule is CCn1nc(C)cc1CC(NC)c1ccoc1. The molecule has 17 heavy (non-hydrogen) atoms. The molecule has 0 fully saturated rings. The van der Waals surface area contributed by atoms with Gasteiger partial charge < -0.3 is 9.73 Å². The Morgan fingerprint density at radius 1 is 1.53 bits per heavy atom. The van der Waals surface area contributed by atoms with Gasteiger partial charge in [-0.1, -0.05) is 0 Å². The van der Waals surface area contributed by atoms with E-state index in [1.54, 1.807) is 12.5 Å². The Kier molecular flexibility index (Phi) is 3.64. The molecule has 1 N–H and O–H groups in total. The summed E-state index contributed by atoms with van der Waals surface area (Å²) in [5, 5.41) is 7.78. The van der Waals surface area contributed by atoms with E-state index in [0.717, 1.165) is 18.7 Å². The highest BCUT2D eigenvalue weighted by Gasteiger charge is 2.14. The van der Waals surface area contributed by atoms with Gasteiger partial charge in [0, 0.05) is 30.3 Å². The fourth-order valence-corrected chi connectivity index (χ4v) is 2.11. The molecule has 0 saturated heterocycles. The van der Waals surface area contributed by atoms with Crippen LogP contribution < -0.4 is 5.32 Å². The number of furan rings is 1. The van der Waals surface area contributed by atoms with E-state index in [4.69, 9.17) is 4.42 Å². The Bertz CT molecular complexity index is 459. The first-order valence-corrected chi connectivity index (χ1v) is 5.97. The van der Waals surface area contributed by atoms with Crippen molar-refractivity contribution in [2.75, 3.05) is 7.05 Å². The number of aromatic nitrogens is 2. The first-order chi connectivity index (χ1) is 8.24. The predicted octanol–water partition coefficient (Wildman–Crippen LogP) is 2.31. The molecule has 2 heterocycles. The van der Waals surface area contributed by atoms with Gasteiger partial charge in [0.15, 0.2) is 0 Å². The van der Waals surface area contributed by atoms with Crippen molar-refractivity contribution >= 4 is 0 Å². The monoisotopic (exact) mass is 233 g/mol. The molecular weight excluding hydrogens is 214 g/mol. The van der Waals surface area contributed by atoms with Crippen LogP contribution in [0.4, 0.5) is 0 Å². The normalized spacial score (nSPS) is 12.9. The van der Waals surface area contributed by atoms with Gasteiger partial charge in [-0.25, -0.2) is 0 Å². The lowest BCUT2D eigenvalue weighted by Crippen LogP contribution is -2.20. The van der Waals surface area contributed by atoms with Gasteiger partial charge in [-0.05, 0) is 33.0 Å². The van der Waals surface area contributed by atoms with Gasteiger partial charge >= 0.3 is 0 Å². The van der Waals surface area contributed by atoms with Gasteiger partial charge in [-0.3, -0.25) is 4.68 Å². The number of aryl methyl sites for hydroxylation is 2. The number of likely N-dealkylation sites (N-methyl/N-ethyl adjacent to an activating group) is 1. The fourth-order valence-electron chi connectivity index (χ4n) is 2.11. The molecule has 2 rings (SSSR count). The molecule has 1 atom stereocenters. The van der Waals surface area contributed by atoms with Crippen molar-refractivity contribution in [3.8, 4) is 0 Å². The number of nitrogens with zero attached hydrogens (tertiary/aromatic N) is 2. The summed E-state index contributed by atoms with van der Waals surface area (Å²) in [6, 6.07) is 4.42. The smallest absolute Gasteiger partial charge is 0.0950 e. The molecule has 0 spiro atoms. The second kappa shape index (κ2) is 5.19. The molecule has 2 aromatic rings. The third-order valence-electron chi connectivity index (χ3n) is 2.99. The largest absolute Gasteiger partial charge is 0.472 e. The van der Waals surface area contributed by atoms with Crippen molar-refractivity contribution in [2.45, 2.75) is 32.9 Å². The molecule has 0 saturated carbocycles. The Hall–Kier alpha value is -1.55. The summed E-state index contributed by atoms with van der Waals surface area (Å²) in [5.74, 6) is 0. The van der Waals surface area contributed by atoms with Crippen molar-refractivity contribution in [1.29, 1.82) is 0 Å². The van der Waals surface area contributed by atoms with Gasteiger partial charge in [0.2, 0.25) is 0 Å². The van der Waals surface area contributed by atoms with E-state index in [1.807, 2.05) is 20.0 Å². The van der Waals surface area contributed by atoms with Crippen LogP contribution in [0, 0.1) is 6.92 Å². The zero-order valence-electron chi connectivity index (χ0n) is 10.6. The zero-order valence-corrected chi connectivity index (χ0v) is 10.6. The average molecular weight is 233 g/mol. The minimum Gasteiger partial charge on any atom is -0.472 e. The summed E-state index contributed by atoms with van der Waals surface area (Å²) in [6.45, 7) is 5.05. The summed E-state index contributed by atoms with van der Waals surface area (Å²) >= 11 is 0. The van der Waals surface area contributed by atoms with Crippen molar-refractivity contribution < 1.29 is 4.42 Å². The summed E-state index contributed by atoms with van der Waals surface area (Å²) < 4.78 is 7.19. The van der Waals surface area contributed by atoms with Gasteiger partial charge in [0.25, 0.3) is 0 Å². The highest BCUT2D eigenvalue weighted by molar-refractivity contribution is 5.17. The van der Waals surface area contributed by atoms with Crippen LogP contribution in [0.3, 0.4) is 0 Å². The average Bonchev–Trinajstić information content (AvgIpc) is 2.94. The Morgan fingerprint density at radius 2 is 2.35 bits per heavy atom. The van der Waals surface area contributed by atoms with E-state index in [2.05, 4.69) is 28.1 Å². The van der Waals surface area contributed by atoms with Crippen molar-refractivity contribution in [2.24, 2.45) is 0 Å². The second-order valence-electron chi connectivity index (χ2n) is 4.19. The standard InChI is InChI=1S/C13H19N3O/c1-4-16-12(7-10(2)15-16)8-13(14-3)11-5-6-17-9-11/h5-7,9,13-14H,4,8H2,1-3H3. The van der Waals surface area contributed by atoms with E-state index < -0.39 is 0 Å². The molecule has 1 unspecified atom stereocenters. The van der Waals surface area contributed by atoms with Crippen molar-refractivity contribution in [3.63, 3.8) is 0 Å². The molecule has 0 aliphatic rings. The molecule has 4 heteroatoms. The van der Waals surface area contributed by atoms with Gasteiger partial charge in [0.05, 0.1) is 18.2 Å². The van der Waals surface area contributed by atoms with E-state index in [-0.39, 0.29) is 6.04 Å². The van der Waals surface area contributed by atoms with Crippen LogP contribution in [-0.4, -0.2) is 16.8 Å². The van der Waals surface area contributed by atoms with E-state index in [0.29, 0.717) is 0 Å². The first-order valence-electron chi connectivity index (χ1n) is 5.97. The lowest BCUT2D eigenvalue weighted by molar-refractivity contribution is 0.523. The molecule has 4 nitrogen and oxygen atoms in total. The quantitative estimate of drug-likeness (QED) is 0.861. The van der Waals surface area contributed by atoms with Gasteiger partial charge in [-0.15, -0.1) is 0 Å². The Balaban J connectivity index is 2.18. The number of nitrogens with one attached hydrogen (secondary N) is 1. The maximum atomic E-state index is 5.13. The lowest BCUT2D eigenvalue weighted by Gasteiger charge is -2.14. The molecule has 2 aromatic heterocycles. The molecule has 0 aliphatic carbocycles. The zero-order chi connectivity index (χ0) is 12.3. The number of hydrogen-bond donors (Lipinski definition) is 1. The van der Waals surface area contributed by atoms with Crippen LogP contribution in [0.2, 0.25) is 0 Å². The number of rotatable bonds is 5. The van der Waals surface area contributed by atoms with Crippen molar-refractivity contribution in [1.82, 2.24) is 15.1 Å². The van der Waals surface area contributed by atoms with Crippen molar-refractivity contribution in [3.05, 3.63) is 41.6 Å². The number of hydrogen-bond acceptors (Lipinski definition) is 3. The van der Waals surface area contributed by atoms with Gasteiger partial charge in [-0.2, -0.15) is 5.10 Å². The third-order valence-corrected chi connectivity index (χ3v) is 2.99. The summed E-state index contributed by atoms with van der Waals surface area (Å²) in [7, 11) is 1.97. The van der Waals surface area contributed by atoms with Crippen LogP contribution in [0.25, 0.3) is 0 Å². The molecule has 0 aromatic carbocycles. The molecule has 92 valence electrons. The summed E-state index contributed by atoms with van der Waals surface area (Å²) in [6.07, 6.45) is 4.42. The van der Waals surface area contributed by atoms with E-state index in [9.17, 15) is 0 Å². The van der Waals surface area contributed by atoms with Crippen LogP contribution in [0.1, 0.15) is 29.9 Å². The predicted molar refractivity (Wildman–Crippen MR) is 66.9 cm³/mol. The fraction of sp³-hybridized carbons (Fsp3) is 0.462. The minimum atomic E-state index is 0.273. The molecule has 0 radical (unpaired) electrons. The van der Waals surface area contributed by atoms with Crippen LogP contribution in [0.15, 0.2) is 29.1 Å². The lowest BCUT2D eigenvalue weighted by atomic mass is 10.1. The maximum absolute atomic E-state index is 5.13. The maximum Gasteiger partial charge on any atom is 0.0950 e. The third kappa shape index (κ3) is 2.58. The molecule has 0 aliphatic heterocycles. The minimum absolute atomic E-state index is 0.273. The van der Waals surface area contributed by atoms with Crippen LogP contribution >= 0.6 is 0 Å². The second-order valence-corrected chi connectivity index (χ2v) is 4.19. The Morgan fingerprint density at radius 3 is 2.94 bits per heavy atom. The van der Waals surface area contributed by atoms with Crippen LogP contribution in [0.5, 0.6) is 0 Å². The van der Waals surface area contributed by atoms with E-state index >= 15 is 0 Å². The highest BCUT2D eigenvalue weighted by atomic mass is 16.3. The molecule has 0 amide bonds. The first kappa shape index (κ1) is 11.9. The summed E-state index contributed by atoms with van der Waals surface area (Å²) in [5.41, 5.74) is 3.50. The topological polar surface area (TPSA) is 43.0 Å². The van der Waals surface area contributed by atoms with Crippen LogP contribution in [-0.2, 0) is 13.0 Å². The molecular formula is C13H19N3O.